The van der Waals surface area contributed by atoms with E-state index < -0.39 is 23.9 Å². The van der Waals surface area contributed by atoms with Crippen LogP contribution in [0.5, 0.6) is 0 Å². The van der Waals surface area contributed by atoms with E-state index >= 15 is 0 Å². The molecule has 186 valence electrons. The van der Waals surface area contributed by atoms with E-state index in [9.17, 15) is 14.4 Å². The molecule has 4 atom stereocenters. The van der Waals surface area contributed by atoms with Crippen molar-refractivity contribution >= 4 is 45.8 Å². The number of amides is 2. The molecule has 0 aromatic heterocycles. The molecule has 0 spiro atoms. The molecule has 0 unspecified atom stereocenters. The van der Waals surface area contributed by atoms with Gasteiger partial charge in [0.1, 0.15) is 6.04 Å². The van der Waals surface area contributed by atoms with Gasteiger partial charge < -0.3 is 4.90 Å². The molecule has 5 heteroatoms. The Balaban J connectivity index is 1.41. The number of anilines is 2. The minimum atomic E-state index is -0.788. The first-order valence-electron chi connectivity index (χ1n) is 13.0. The van der Waals surface area contributed by atoms with Crippen LogP contribution in [0.15, 0.2) is 91.0 Å². The van der Waals surface area contributed by atoms with E-state index in [2.05, 4.69) is 18.2 Å². The Morgan fingerprint density at radius 1 is 0.763 bits per heavy atom. The van der Waals surface area contributed by atoms with Gasteiger partial charge in [0.05, 0.1) is 23.6 Å². The Kier molecular flexibility index (Phi) is 4.92. The number of benzene rings is 4. The lowest BCUT2D eigenvalue weighted by Gasteiger charge is -2.37. The molecule has 38 heavy (non-hydrogen) atoms. The highest BCUT2D eigenvalue weighted by Crippen LogP contribution is 2.51. The van der Waals surface area contributed by atoms with Crippen LogP contribution in [-0.2, 0) is 9.59 Å². The molecule has 2 saturated heterocycles. The maximum absolute atomic E-state index is 14.2. The number of carbonyl (C=O) groups is 3. The third-order valence-corrected chi connectivity index (χ3v) is 8.33. The van der Waals surface area contributed by atoms with Crippen LogP contribution in [0.3, 0.4) is 0 Å². The summed E-state index contributed by atoms with van der Waals surface area (Å²) in [5.41, 5.74) is 4.97. The average molecular weight is 499 g/mol. The molecule has 2 fully saturated rings. The van der Waals surface area contributed by atoms with Crippen molar-refractivity contribution in [3.05, 3.63) is 113 Å². The third-order valence-electron chi connectivity index (χ3n) is 8.33. The van der Waals surface area contributed by atoms with Crippen LogP contribution in [-0.4, -0.2) is 29.7 Å². The third kappa shape index (κ3) is 3.08. The zero-order chi connectivity index (χ0) is 26.1. The minimum absolute atomic E-state index is 0.138. The molecule has 0 radical (unpaired) electrons. The number of fused-ring (bicyclic) bond motifs is 7. The summed E-state index contributed by atoms with van der Waals surface area (Å²) in [6.07, 6.45) is 4.07. The van der Waals surface area contributed by atoms with Gasteiger partial charge in [0.15, 0.2) is 5.78 Å². The number of rotatable bonds is 3. The Bertz CT molecular complexity index is 1690. The molecule has 0 bridgehead atoms. The van der Waals surface area contributed by atoms with E-state index in [1.807, 2.05) is 85.5 Å². The molecule has 5 nitrogen and oxygen atoms in total. The smallest absolute Gasteiger partial charge is 0.240 e. The van der Waals surface area contributed by atoms with Crippen LogP contribution in [0.2, 0.25) is 0 Å². The molecule has 4 aromatic rings. The summed E-state index contributed by atoms with van der Waals surface area (Å²) in [6.45, 7) is 3.90. The number of aryl methyl sites for hydroxylation is 2. The number of nitrogens with zero attached hydrogens (tertiary/aromatic N) is 2. The Labute approximate surface area is 221 Å². The van der Waals surface area contributed by atoms with Crippen molar-refractivity contribution in [2.24, 2.45) is 11.8 Å². The Hall–Kier alpha value is -4.51. The van der Waals surface area contributed by atoms with E-state index in [1.54, 1.807) is 12.1 Å². The van der Waals surface area contributed by atoms with Crippen molar-refractivity contribution in [3.63, 3.8) is 0 Å². The number of hydrogen-bond donors (Lipinski definition) is 0. The van der Waals surface area contributed by atoms with E-state index in [4.69, 9.17) is 0 Å². The van der Waals surface area contributed by atoms with Gasteiger partial charge >= 0.3 is 0 Å². The van der Waals surface area contributed by atoms with E-state index in [1.165, 1.54) is 4.90 Å². The van der Waals surface area contributed by atoms with Gasteiger partial charge in [0, 0.05) is 16.8 Å². The average Bonchev–Trinajstić information content (AvgIpc) is 3.41. The first kappa shape index (κ1) is 22.7. The second-order valence-corrected chi connectivity index (χ2v) is 10.5. The van der Waals surface area contributed by atoms with Crippen LogP contribution in [0, 0.1) is 25.7 Å². The maximum atomic E-state index is 14.2. The molecule has 7 rings (SSSR count). The molecule has 4 aromatic carbocycles. The molecular weight excluding hydrogens is 472 g/mol. The summed E-state index contributed by atoms with van der Waals surface area (Å²) in [7, 11) is 0. The van der Waals surface area contributed by atoms with Crippen molar-refractivity contribution in [1.29, 1.82) is 0 Å². The number of Topliss-reactive ketones (excluding diaryl/α,β-unsaturated/α-hetero) is 1. The fourth-order valence-corrected chi connectivity index (χ4v) is 6.69. The standard InChI is InChI=1S/C33H26N2O3/c1-19-12-15-25(20(2)18-19)35-32(37)28-27-17-14-24-23-11-7-6-8-21(23)13-16-26(24)34(27)30(29(28)33(35)38)31(36)22-9-4-3-5-10-22/h3-18,27-30H,1-2H3/t27-,28-,29-,30-/m0/s1. The molecule has 3 aliphatic rings. The van der Waals surface area contributed by atoms with Gasteiger partial charge in [-0.2, -0.15) is 0 Å². The van der Waals surface area contributed by atoms with E-state index in [-0.39, 0.29) is 17.6 Å². The number of carbonyl (C=O) groups excluding carboxylic acids is 3. The fourth-order valence-electron chi connectivity index (χ4n) is 6.69. The lowest BCUT2D eigenvalue weighted by molar-refractivity contribution is -0.122. The van der Waals surface area contributed by atoms with E-state index in [0.29, 0.717) is 11.3 Å². The summed E-state index contributed by atoms with van der Waals surface area (Å²) < 4.78 is 0. The van der Waals surface area contributed by atoms with Gasteiger partial charge in [-0.05, 0) is 42.3 Å². The minimum Gasteiger partial charge on any atom is -0.352 e. The monoisotopic (exact) mass is 498 g/mol. The summed E-state index contributed by atoms with van der Waals surface area (Å²) in [5.74, 6) is -2.09. The quantitative estimate of drug-likeness (QED) is 0.267. The van der Waals surface area contributed by atoms with Crippen LogP contribution in [0.4, 0.5) is 11.4 Å². The highest BCUT2D eigenvalue weighted by atomic mass is 16.2. The van der Waals surface area contributed by atoms with Crippen LogP contribution in [0.1, 0.15) is 27.0 Å². The summed E-state index contributed by atoms with van der Waals surface area (Å²) in [5, 5.41) is 2.19. The number of ketones is 1. The lowest BCUT2D eigenvalue weighted by atomic mass is 9.86. The highest BCUT2D eigenvalue weighted by Gasteiger charge is 2.64. The first-order valence-corrected chi connectivity index (χ1v) is 13.0. The molecule has 3 aliphatic heterocycles. The zero-order valence-corrected chi connectivity index (χ0v) is 21.2. The summed E-state index contributed by atoms with van der Waals surface area (Å²) in [6, 6.07) is 25.9. The van der Waals surface area contributed by atoms with Crippen LogP contribution in [0.25, 0.3) is 16.8 Å². The number of imide groups is 1. The highest BCUT2D eigenvalue weighted by molar-refractivity contribution is 6.26. The Morgan fingerprint density at radius 3 is 2.26 bits per heavy atom. The molecular formula is C33H26N2O3. The summed E-state index contributed by atoms with van der Waals surface area (Å²) >= 11 is 0. The van der Waals surface area contributed by atoms with Gasteiger partial charge in [-0.25, -0.2) is 4.90 Å². The molecule has 0 saturated carbocycles. The predicted octanol–water partition coefficient (Wildman–Crippen LogP) is 5.73. The molecule has 0 aliphatic carbocycles. The topological polar surface area (TPSA) is 57.7 Å². The van der Waals surface area contributed by atoms with Gasteiger partial charge in [0.2, 0.25) is 11.8 Å². The SMILES string of the molecule is Cc1ccc(N2C(=O)[C@@H]3[C@H](C2=O)[C@@H](C(=O)c2ccccc2)N2c4ccc5ccccc5c4C=C[C@@H]32)c(C)c1. The molecule has 3 heterocycles. The van der Waals surface area contributed by atoms with Crippen molar-refractivity contribution in [3.8, 4) is 0 Å². The van der Waals surface area contributed by atoms with Crippen molar-refractivity contribution in [1.82, 2.24) is 0 Å². The molecule has 0 N–H and O–H groups in total. The van der Waals surface area contributed by atoms with Crippen LogP contribution < -0.4 is 9.80 Å². The molecule has 2 amide bonds. The Morgan fingerprint density at radius 2 is 1.47 bits per heavy atom. The second kappa shape index (κ2) is 8.25. The normalized spacial score (nSPS) is 23.5. The van der Waals surface area contributed by atoms with Gasteiger partial charge in [-0.15, -0.1) is 0 Å². The van der Waals surface area contributed by atoms with Gasteiger partial charge in [-0.1, -0.05) is 90.5 Å². The number of hydrogen-bond acceptors (Lipinski definition) is 4. The van der Waals surface area contributed by atoms with Gasteiger partial charge in [0.25, 0.3) is 0 Å². The van der Waals surface area contributed by atoms with Crippen LogP contribution >= 0.6 is 0 Å². The predicted molar refractivity (Wildman–Crippen MR) is 149 cm³/mol. The largest absolute Gasteiger partial charge is 0.352 e. The van der Waals surface area contributed by atoms with Crippen molar-refractivity contribution < 1.29 is 14.4 Å². The summed E-state index contributed by atoms with van der Waals surface area (Å²) in [4.78, 5) is 45.8. The lowest BCUT2D eigenvalue weighted by Crippen LogP contribution is -2.49. The fraction of sp³-hybridized carbons (Fsp3) is 0.182. The zero-order valence-electron chi connectivity index (χ0n) is 21.2. The van der Waals surface area contributed by atoms with E-state index in [0.717, 1.165) is 33.2 Å². The second-order valence-electron chi connectivity index (χ2n) is 10.5. The van der Waals surface area contributed by atoms with Gasteiger partial charge in [-0.3, -0.25) is 14.4 Å². The van der Waals surface area contributed by atoms with Crippen molar-refractivity contribution in [2.75, 3.05) is 9.80 Å². The van der Waals surface area contributed by atoms with Crippen molar-refractivity contribution in [2.45, 2.75) is 25.9 Å². The first-order chi connectivity index (χ1) is 18.5. The maximum Gasteiger partial charge on any atom is 0.240 e.